The Morgan fingerprint density at radius 2 is 1.97 bits per heavy atom. The number of benzene rings is 1. The summed E-state index contributed by atoms with van der Waals surface area (Å²) >= 11 is 5.96. The molecule has 1 amide bonds. The van der Waals surface area contributed by atoms with E-state index in [0.717, 1.165) is 11.3 Å². The molecule has 2 N–H and O–H groups in total. The van der Waals surface area contributed by atoms with Crippen LogP contribution in [-0.4, -0.2) is 44.9 Å². The summed E-state index contributed by atoms with van der Waals surface area (Å²) in [5.74, 6) is 1.76. The molecule has 0 unspecified atom stereocenters. The van der Waals surface area contributed by atoms with Gasteiger partial charge in [-0.1, -0.05) is 11.6 Å². The van der Waals surface area contributed by atoms with Crippen molar-refractivity contribution in [1.82, 2.24) is 15.0 Å². The van der Waals surface area contributed by atoms with Crippen molar-refractivity contribution >= 4 is 29.5 Å². The molecular formula is C21H22ClN5O4. The van der Waals surface area contributed by atoms with E-state index in [0.29, 0.717) is 22.5 Å². The van der Waals surface area contributed by atoms with E-state index in [-0.39, 0.29) is 18.6 Å². The molecule has 10 heteroatoms. The number of rotatable bonds is 6. The minimum Gasteiger partial charge on any atom is -0.447 e. The summed E-state index contributed by atoms with van der Waals surface area (Å²) in [4.78, 5) is 26.6. The number of nitrogens with one attached hydrogen (secondary N) is 1. The molecule has 0 spiro atoms. The number of hydrogen-bond donors (Lipinski definition) is 2. The molecule has 31 heavy (non-hydrogen) atoms. The van der Waals surface area contributed by atoms with Gasteiger partial charge in [0.15, 0.2) is 5.76 Å². The Bertz CT molecular complexity index is 1090. The van der Waals surface area contributed by atoms with Crippen molar-refractivity contribution in [3.05, 3.63) is 53.1 Å². The highest BCUT2D eigenvalue weighted by atomic mass is 35.5. The van der Waals surface area contributed by atoms with E-state index in [1.165, 1.54) is 11.1 Å². The number of anilines is 2. The highest BCUT2D eigenvalue weighted by Gasteiger charge is 2.38. The van der Waals surface area contributed by atoms with Gasteiger partial charge in [0.05, 0.1) is 11.8 Å². The first kappa shape index (κ1) is 21.1. The van der Waals surface area contributed by atoms with Crippen molar-refractivity contribution in [3.63, 3.8) is 0 Å². The van der Waals surface area contributed by atoms with Crippen LogP contribution in [0.25, 0.3) is 11.3 Å². The summed E-state index contributed by atoms with van der Waals surface area (Å²) in [7, 11) is 0. The van der Waals surface area contributed by atoms with Gasteiger partial charge in [0.25, 0.3) is 0 Å². The predicted molar refractivity (Wildman–Crippen MR) is 115 cm³/mol. The van der Waals surface area contributed by atoms with Crippen molar-refractivity contribution in [2.45, 2.75) is 39.0 Å². The molecule has 0 saturated carbocycles. The number of oxazole rings is 1. The monoisotopic (exact) mass is 443 g/mol. The summed E-state index contributed by atoms with van der Waals surface area (Å²) in [6.45, 7) is 5.44. The van der Waals surface area contributed by atoms with Crippen LogP contribution in [0.15, 0.2) is 40.9 Å². The average molecular weight is 444 g/mol. The number of carbonyl (C=O) groups is 1. The van der Waals surface area contributed by atoms with Gasteiger partial charge < -0.3 is 19.6 Å². The number of ether oxygens (including phenoxy) is 1. The Kier molecular flexibility index (Phi) is 5.79. The highest BCUT2D eigenvalue weighted by Crippen LogP contribution is 2.29. The third kappa shape index (κ3) is 4.33. The van der Waals surface area contributed by atoms with E-state index in [4.69, 9.17) is 20.8 Å². The van der Waals surface area contributed by atoms with Crippen LogP contribution in [0.5, 0.6) is 0 Å². The topological polar surface area (TPSA) is 114 Å². The molecule has 3 heterocycles. The molecule has 3 aromatic rings. The summed E-state index contributed by atoms with van der Waals surface area (Å²) < 4.78 is 11.0. The average Bonchev–Trinajstić information content (AvgIpc) is 3.32. The summed E-state index contributed by atoms with van der Waals surface area (Å²) in [5.41, 5.74) is 1.63. The lowest BCUT2D eigenvalue weighted by atomic mass is 10.1. The summed E-state index contributed by atoms with van der Waals surface area (Å²) in [6, 6.07) is 8.08. The number of carbonyl (C=O) groups excluding carboxylic acids is 1. The van der Waals surface area contributed by atoms with Crippen LogP contribution < -0.4 is 10.2 Å². The molecule has 0 radical (unpaired) electrons. The Balaban J connectivity index is 1.54. The second kappa shape index (κ2) is 8.52. The first-order valence-electron chi connectivity index (χ1n) is 9.80. The van der Waals surface area contributed by atoms with Gasteiger partial charge in [-0.3, -0.25) is 4.90 Å². The molecule has 1 fully saturated rings. The van der Waals surface area contributed by atoms with E-state index in [9.17, 15) is 9.90 Å². The van der Waals surface area contributed by atoms with Crippen molar-refractivity contribution in [2.75, 3.05) is 16.8 Å². The minimum atomic E-state index is -0.765. The number of aryl methyl sites for hydroxylation is 1. The van der Waals surface area contributed by atoms with Gasteiger partial charge in [-0.2, -0.15) is 4.98 Å². The van der Waals surface area contributed by atoms with Gasteiger partial charge in [0.1, 0.15) is 24.5 Å². The highest BCUT2D eigenvalue weighted by molar-refractivity contribution is 6.30. The molecule has 1 saturated heterocycles. The van der Waals surface area contributed by atoms with Gasteiger partial charge >= 0.3 is 6.09 Å². The second-order valence-electron chi connectivity index (χ2n) is 7.33. The number of aliphatic hydroxyl groups is 1. The molecule has 4 rings (SSSR count). The fraction of sp³-hybridized carbons (Fsp3) is 0.333. The van der Waals surface area contributed by atoms with Crippen molar-refractivity contribution in [3.8, 4) is 11.3 Å². The molecule has 0 aliphatic carbocycles. The van der Waals surface area contributed by atoms with Crippen molar-refractivity contribution in [1.29, 1.82) is 0 Å². The number of aromatic nitrogens is 3. The van der Waals surface area contributed by atoms with Crippen molar-refractivity contribution < 1.29 is 19.1 Å². The Hall–Kier alpha value is -3.17. The molecule has 0 bridgehead atoms. The number of aliphatic hydroxyl groups excluding tert-OH is 1. The quantitative estimate of drug-likeness (QED) is 0.588. The van der Waals surface area contributed by atoms with E-state index in [1.54, 1.807) is 25.1 Å². The number of amides is 1. The lowest BCUT2D eigenvalue weighted by Gasteiger charge is -2.22. The number of hydrogen-bond acceptors (Lipinski definition) is 8. The zero-order chi connectivity index (χ0) is 22.1. The van der Waals surface area contributed by atoms with Gasteiger partial charge in [-0.05, 0) is 51.1 Å². The Labute approximate surface area is 184 Å². The SMILES string of the molecule is Cc1nc([C@H](C)Nc2nccc(N3C(=O)OC[C@@H]3[C@@H](C)O)n2)oc1-c1ccc(Cl)cc1. The molecule has 1 aromatic carbocycles. The molecular weight excluding hydrogens is 422 g/mol. The fourth-order valence-corrected chi connectivity index (χ4v) is 3.46. The van der Waals surface area contributed by atoms with Crippen LogP contribution in [0.2, 0.25) is 5.02 Å². The lowest BCUT2D eigenvalue weighted by molar-refractivity contribution is 0.142. The maximum atomic E-state index is 12.1. The smallest absolute Gasteiger partial charge is 0.416 e. The molecule has 3 atom stereocenters. The molecule has 162 valence electrons. The molecule has 1 aliphatic heterocycles. The number of halogens is 1. The van der Waals surface area contributed by atoms with Crippen LogP contribution in [0.1, 0.15) is 31.5 Å². The second-order valence-corrected chi connectivity index (χ2v) is 7.77. The van der Waals surface area contributed by atoms with Crippen LogP contribution >= 0.6 is 11.6 Å². The predicted octanol–water partition coefficient (Wildman–Crippen LogP) is 3.97. The van der Waals surface area contributed by atoms with Gasteiger partial charge in [-0.25, -0.2) is 14.8 Å². The van der Waals surface area contributed by atoms with E-state index < -0.39 is 18.2 Å². The minimum absolute atomic E-state index is 0.0999. The summed E-state index contributed by atoms with van der Waals surface area (Å²) in [6.07, 6.45) is 0.208. The Morgan fingerprint density at radius 1 is 1.23 bits per heavy atom. The maximum Gasteiger partial charge on any atom is 0.416 e. The maximum absolute atomic E-state index is 12.1. The zero-order valence-corrected chi connectivity index (χ0v) is 18.0. The third-order valence-corrected chi connectivity index (χ3v) is 5.24. The van der Waals surface area contributed by atoms with E-state index >= 15 is 0 Å². The normalized spacial score (nSPS) is 18.0. The molecule has 9 nitrogen and oxygen atoms in total. The van der Waals surface area contributed by atoms with Gasteiger partial charge in [0.2, 0.25) is 11.8 Å². The van der Waals surface area contributed by atoms with Crippen LogP contribution in [0.4, 0.5) is 16.6 Å². The first-order valence-corrected chi connectivity index (χ1v) is 10.2. The standard InChI is InChI=1S/C21H22ClN5O4/c1-11-18(14-4-6-15(22)7-5-14)31-19(24-11)12(2)25-20-23-9-8-17(26-20)27-16(13(3)28)10-30-21(27)29/h4-9,12-13,16,28H,10H2,1-3H3,(H,23,25,26)/t12-,13+,16+/m0/s1. The van der Waals surface area contributed by atoms with Crippen LogP contribution in [0, 0.1) is 6.92 Å². The zero-order valence-electron chi connectivity index (χ0n) is 17.2. The van der Waals surface area contributed by atoms with E-state index in [1.807, 2.05) is 26.0 Å². The van der Waals surface area contributed by atoms with Crippen LogP contribution in [0.3, 0.4) is 0 Å². The van der Waals surface area contributed by atoms with E-state index in [2.05, 4.69) is 20.3 Å². The number of cyclic esters (lactones) is 1. The molecule has 2 aromatic heterocycles. The Morgan fingerprint density at radius 3 is 2.68 bits per heavy atom. The number of nitrogens with zero attached hydrogens (tertiary/aromatic N) is 4. The lowest BCUT2D eigenvalue weighted by Crippen LogP contribution is -2.41. The largest absolute Gasteiger partial charge is 0.447 e. The van der Waals surface area contributed by atoms with Gasteiger partial charge in [-0.15, -0.1) is 0 Å². The fourth-order valence-electron chi connectivity index (χ4n) is 3.33. The van der Waals surface area contributed by atoms with Gasteiger partial charge in [0, 0.05) is 16.8 Å². The molecule has 1 aliphatic rings. The third-order valence-electron chi connectivity index (χ3n) is 4.99. The first-order chi connectivity index (χ1) is 14.8. The summed E-state index contributed by atoms with van der Waals surface area (Å²) in [5, 5.41) is 13.7. The van der Waals surface area contributed by atoms with Crippen molar-refractivity contribution in [2.24, 2.45) is 0 Å². The van der Waals surface area contributed by atoms with Crippen LogP contribution in [-0.2, 0) is 4.74 Å².